The fourth-order valence-corrected chi connectivity index (χ4v) is 2.29. The van der Waals surface area contributed by atoms with E-state index in [1.807, 2.05) is 0 Å². The van der Waals surface area contributed by atoms with Crippen LogP contribution in [0, 0.1) is 5.82 Å². The second kappa shape index (κ2) is 7.10. The SMILES string of the molecule is O=C(Nc1cccc(Cl)c1)c1cncc(Nc2ccc(F)cc2)c1. The van der Waals surface area contributed by atoms with Gasteiger partial charge in [-0.3, -0.25) is 9.78 Å². The molecule has 0 fully saturated rings. The van der Waals surface area contributed by atoms with Crippen molar-refractivity contribution in [1.82, 2.24) is 4.98 Å². The van der Waals surface area contributed by atoms with Crippen LogP contribution >= 0.6 is 11.6 Å². The normalized spacial score (nSPS) is 10.2. The van der Waals surface area contributed by atoms with Crippen LogP contribution in [-0.2, 0) is 0 Å². The number of carbonyl (C=O) groups excluding carboxylic acids is 1. The lowest BCUT2D eigenvalue weighted by molar-refractivity contribution is 0.102. The van der Waals surface area contributed by atoms with Gasteiger partial charge in [0.15, 0.2) is 0 Å². The largest absolute Gasteiger partial charge is 0.354 e. The number of pyridine rings is 1. The van der Waals surface area contributed by atoms with Crippen LogP contribution in [-0.4, -0.2) is 10.9 Å². The second-order valence-electron chi connectivity index (χ2n) is 5.06. The maximum atomic E-state index is 12.9. The number of aromatic nitrogens is 1. The van der Waals surface area contributed by atoms with Crippen LogP contribution in [0.15, 0.2) is 67.0 Å². The maximum Gasteiger partial charge on any atom is 0.257 e. The third-order valence-corrected chi connectivity index (χ3v) is 3.45. The molecule has 0 spiro atoms. The zero-order valence-corrected chi connectivity index (χ0v) is 13.2. The van der Waals surface area contributed by atoms with Crippen molar-refractivity contribution in [2.45, 2.75) is 0 Å². The lowest BCUT2D eigenvalue weighted by Crippen LogP contribution is -2.12. The Balaban J connectivity index is 1.74. The first kappa shape index (κ1) is 16.0. The van der Waals surface area contributed by atoms with Crippen LogP contribution in [0.4, 0.5) is 21.5 Å². The predicted molar refractivity (Wildman–Crippen MR) is 93.3 cm³/mol. The van der Waals surface area contributed by atoms with Crippen molar-refractivity contribution < 1.29 is 9.18 Å². The van der Waals surface area contributed by atoms with Gasteiger partial charge >= 0.3 is 0 Å². The Morgan fingerprint density at radius 2 is 1.75 bits per heavy atom. The summed E-state index contributed by atoms with van der Waals surface area (Å²) in [4.78, 5) is 16.4. The molecular formula is C18H13ClFN3O. The molecule has 0 saturated carbocycles. The molecule has 4 nitrogen and oxygen atoms in total. The number of nitrogens with zero attached hydrogens (tertiary/aromatic N) is 1. The molecule has 120 valence electrons. The van der Waals surface area contributed by atoms with Gasteiger partial charge in [-0.1, -0.05) is 17.7 Å². The summed E-state index contributed by atoms with van der Waals surface area (Å²) < 4.78 is 12.9. The molecule has 0 aliphatic heterocycles. The topological polar surface area (TPSA) is 54.0 Å². The molecule has 1 amide bonds. The van der Waals surface area contributed by atoms with Crippen LogP contribution < -0.4 is 10.6 Å². The fraction of sp³-hybridized carbons (Fsp3) is 0. The quantitative estimate of drug-likeness (QED) is 0.711. The zero-order valence-electron chi connectivity index (χ0n) is 12.5. The lowest BCUT2D eigenvalue weighted by Gasteiger charge is -2.09. The van der Waals surface area contributed by atoms with Crippen LogP contribution in [0.2, 0.25) is 5.02 Å². The summed E-state index contributed by atoms with van der Waals surface area (Å²) >= 11 is 5.90. The second-order valence-corrected chi connectivity index (χ2v) is 5.50. The molecule has 0 saturated heterocycles. The average molecular weight is 342 g/mol. The summed E-state index contributed by atoms with van der Waals surface area (Å²) in [6, 6.07) is 14.5. The Kier molecular flexibility index (Phi) is 4.72. The van der Waals surface area contributed by atoms with E-state index in [0.29, 0.717) is 27.6 Å². The highest BCUT2D eigenvalue weighted by Crippen LogP contribution is 2.19. The third-order valence-electron chi connectivity index (χ3n) is 3.22. The van der Waals surface area contributed by atoms with E-state index in [-0.39, 0.29) is 11.7 Å². The standard InChI is InChI=1S/C18H13ClFN3O/c19-13-2-1-3-16(9-13)23-18(24)12-8-17(11-21-10-12)22-15-6-4-14(20)5-7-15/h1-11,22H,(H,23,24). The number of amides is 1. The molecule has 2 aromatic carbocycles. The number of carbonyl (C=O) groups is 1. The molecule has 2 N–H and O–H groups in total. The molecule has 0 atom stereocenters. The Morgan fingerprint density at radius 1 is 0.958 bits per heavy atom. The summed E-state index contributed by atoms with van der Waals surface area (Å²) in [7, 11) is 0. The van der Waals surface area contributed by atoms with Gasteiger partial charge in [0.25, 0.3) is 5.91 Å². The predicted octanol–water partition coefficient (Wildman–Crippen LogP) is 4.87. The van der Waals surface area contributed by atoms with Gasteiger partial charge in [-0.05, 0) is 48.5 Å². The molecule has 0 aliphatic carbocycles. The van der Waals surface area contributed by atoms with Crippen molar-refractivity contribution in [3.63, 3.8) is 0 Å². The highest BCUT2D eigenvalue weighted by Gasteiger charge is 2.08. The van der Waals surface area contributed by atoms with Gasteiger partial charge in [-0.2, -0.15) is 0 Å². The summed E-state index contributed by atoms with van der Waals surface area (Å²) in [5, 5.41) is 6.37. The minimum atomic E-state index is -0.312. The Bertz CT molecular complexity index is 868. The van der Waals surface area contributed by atoms with E-state index >= 15 is 0 Å². The van der Waals surface area contributed by atoms with Crippen LogP contribution in [0.3, 0.4) is 0 Å². The van der Waals surface area contributed by atoms with Crippen LogP contribution in [0.25, 0.3) is 0 Å². The highest BCUT2D eigenvalue weighted by molar-refractivity contribution is 6.30. The highest BCUT2D eigenvalue weighted by atomic mass is 35.5. The van der Waals surface area contributed by atoms with Crippen LogP contribution in [0.5, 0.6) is 0 Å². The number of halogens is 2. The van der Waals surface area contributed by atoms with E-state index in [1.165, 1.54) is 18.3 Å². The summed E-state index contributed by atoms with van der Waals surface area (Å²) in [5.74, 6) is -0.610. The zero-order chi connectivity index (χ0) is 16.9. The molecular weight excluding hydrogens is 329 g/mol. The van der Waals surface area contributed by atoms with Crippen molar-refractivity contribution in [3.8, 4) is 0 Å². The number of hydrogen-bond donors (Lipinski definition) is 2. The summed E-state index contributed by atoms with van der Waals surface area (Å²) in [5.41, 5.74) is 2.32. The van der Waals surface area contributed by atoms with Crippen LogP contribution in [0.1, 0.15) is 10.4 Å². The van der Waals surface area contributed by atoms with E-state index in [4.69, 9.17) is 11.6 Å². The minimum Gasteiger partial charge on any atom is -0.354 e. The number of rotatable bonds is 4. The first-order valence-electron chi connectivity index (χ1n) is 7.15. The molecule has 6 heteroatoms. The molecule has 3 aromatic rings. The van der Waals surface area contributed by atoms with E-state index in [9.17, 15) is 9.18 Å². The first-order chi connectivity index (χ1) is 11.6. The maximum absolute atomic E-state index is 12.9. The van der Waals surface area contributed by atoms with Crippen molar-refractivity contribution >= 4 is 34.6 Å². The van der Waals surface area contributed by atoms with Gasteiger partial charge in [0, 0.05) is 22.6 Å². The number of benzene rings is 2. The molecule has 1 aromatic heterocycles. The van der Waals surface area contributed by atoms with E-state index < -0.39 is 0 Å². The van der Waals surface area contributed by atoms with Crippen molar-refractivity contribution in [3.05, 3.63) is 83.4 Å². The summed E-state index contributed by atoms with van der Waals surface area (Å²) in [6.07, 6.45) is 3.05. The first-order valence-corrected chi connectivity index (χ1v) is 7.52. The van der Waals surface area contributed by atoms with E-state index in [0.717, 1.165) is 0 Å². The summed E-state index contributed by atoms with van der Waals surface area (Å²) in [6.45, 7) is 0. The number of hydrogen-bond acceptors (Lipinski definition) is 3. The molecule has 0 bridgehead atoms. The van der Waals surface area contributed by atoms with Gasteiger partial charge in [0.1, 0.15) is 5.82 Å². The number of anilines is 3. The van der Waals surface area contributed by atoms with E-state index in [1.54, 1.807) is 48.7 Å². The monoisotopic (exact) mass is 341 g/mol. The third kappa shape index (κ3) is 4.08. The average Bonchev–Trinajstić information content (AvgIpc) is 2.57. The van der Waals surface area contributed by atoms with E-state index in [2.05, 4.69) is 15.6 Å². The fourth-order valence-electron chi connectivity index (χ4n) is 2.10. The van der Waals surface area contributed by atoms with Gasteiger partial charge < -0.3 is 10.6 Å². The van der Waals surface area contributed by atoms with Gasteiger partial charge in [-0.15, -0.1) is 0 Å². The molecule has 0 unspecified atom stereocenters. The molecule has 0 aliphatic rings. The van der Waals surface area contributed by atoms with Gasteiger partial charge in [0.05, 0.1) is 17.4 Å². The minimum absolute atomic E-state index is 0.299. The molecule has 0 radical (unpaired) electrons. The Morgan fingerprint density at radius 3 is 2.50 bits per heavy atom. The molecule has 1 heterocycles. The number of nitrogens with one attached hydrogen (secondary N) is 2. The van der Waals surface area contributed by atoms with Crippen molar-refractivity contribution in [2.24, 2.45) is 0 Å². The van der Waals surface area contributed by atoms with Crippen molar-refractivity contribution in [1.29, 1.82) is 0 Å². The lowest BCUT2D eigenvalue weighted by atomic mass is 10.2. The van der Waals surface area contributed by atoms with Gasteiger partial charge in [-0.25, -0.2) is 4.39 Å². The smallest absolute Gasteiger partial charge is 0.257 e. The molecule has 24 heavy (non-hydrogen) atoms. The van der Waals surface area contributed by atoms with Crippen molar-refractivity contribution in [2.75, 3.05) is 10.6 Å². The molecule has 3 rings (SSSR count). The Hall–Kier alpha value is -2.92. The Labute approximate surface area is 143 Å². The van der Waals surface area contributed by atoms with Gasteiger partial charge in [0.2, 0.25) is 0 Å².